The minimum Gasteiger partial charge on any atom is -0.350 e. The van der Waals surface area contributed by atoms with Crippen LogP contribution in [0.2, 0.25) is 0 Å². The number of aryl methyl sites for hydroxylation is 1. The molecule has 5 heteroatoms. The summed E-state index contributed by atoms with van der Waals surface area (Å²) in [5.74, 6) is 1.34. The van der Waals surface area contributed by atoms with Crippen LogP contribution in [0.3, 0.4) is 0 Å². The molecule has 0 amide bonds. The second-order valence-corrected chi connectivity index (χ2v) is 6.67. The number of pyridine rings is 1. The first kappa shape index (κ1) is 18.6. The average molecular weight is 381 g/mol. The Labute approximate surface area is 170 Å². The van der Waals surface area contributed by atoms with Gasteiger partial charge in [-0.25, -0.2) is 4.98 Å². The Balaban J connectivity index is 1.66. The van der Waals surface area contributed by atoms with Gasteiger partial charge in [-0.2, -0.15) is 4.98 Å². The molecule has 2 aromatic heterocycles. The minimum atomic E-state index is 0.583. The fourth-order valence-corrected chi connectivity index (χ4v) is 3.12. The number of hydrogen-bond acceptors (Lipinski definition) is 5. The first-order valence-electron chi connectivity index (χ1n) is 9.74. The van der Waals surface area contributed by atoms with Crippen LogP contribution in [-0.2, 0) is 13.0 Å². The number of nitrogens with one attached hydrogen (secondary N) is 2. The average Bonchev–Trinajstić information content (AvgIpc) is 2.79. The van der Waals surface area contributed by atoms with Crippen LogP contribution < -0.4 is 10.6 Å². The molecule has 0 aliphatic rings. The van der Waals surface area contributed by atoms with Crippen molar-refractivity contribution in [3.05, 3.63) is 96.3 Å². The Morgan fingerprint density at radius 3 is 2.38 bits per heavy atom. The van der Waals surface area contributed by atoms with E-state index in [0.29, 0.717) is 12.5 Å². The number of benzene rings is 2. The van der Waals surface area contributed by atoms with E-state index in [0.717, 1.165) is 34.7 Å². The summed E-state index contributed by atoms with van der Waals surface area (Å²) in [6.45, 7) is 2.78. The van der Waals surface area contributed by atoms with Crippen molar-refractivity contribution < 1.29 is 0 Å². The van der Waals surface area contributed by atoms with E-state index < -0.39 is 0 Å². The molecule has 0 saturated carbocycles. The van der Waals surface area contributed by atoms with Crippen molar-refractivity contribution in [1.82, 2.24) is 15.0 Å². The van der Waals surface area contributed by atoms with Crippen molar-refractivity contribution in [2.24, 2.45) is 0 Å². The third-order valence-corrected chi connectivity index (χ3v) is 4.66. The first-order valence-corrected chi connectivity index (χ1v) is 9.74. The number of nitrogens with zero attached hydrogens (tertiary/aromatic N) is 3. The van der Waals surface area contributed by atoms with Crippen LogP contribution in [0.5, 0.6) is 0 Å². The normalized spacial score (nSPS) is 10.5. The Morgan fingerprint density at radius 1 is 0.828 bits per heavy atom. The van der Waals surface area contributed by atoms with Gasteiger partial charge in [-0.3, -0.25) is 4.98 Å². The molecular weight excluding hydrogens is 358 g/mol. The SMILES string of the molecule is CCc1ccccc1Nc1cc(-c2ccccc2)nc(NCc2ccncc2)n1. The van der Waals surface area contributed by atoms with E-state index in [1.807, 2.05) is 42.5 Å². The Bertz CT molecular complexity index is 1060. The predicted molar refractivity (Wildman–Crippen MR) is 118 cm³/mol. The molecule has 29 heavy (non-hydrogen) atoms. The largest absolute Gasteiger partial charge is 0.350 e. The standard InChI is InChI=1S/C24H23N5/c1-2-19-8-6-7-11-21(19)27-23-16-22(20-9-4-3-5-10-20)28-24(29-23)26-17-18-12-14-25-15-13-18/h3-16H,2,17H2,1H3,(H2,26,27,28,29). The molecule has 0 spiro atoms. The zero-order chi connectivity index (χ0) is 19.9. The monoisotopic (exact) mass is 381 g/mol. The summed E-state index contributed by atoms with van der Waals surface area (Å²) >= 11 is 0. The molecule has 0 radical (unpaired) electrons. The Kier molecular flexibility index (Phi) is 5.76. The van der Waals surface area contributed by atoms with Crippen molar-refractivity contribution in [2.75, 3.05) is 10.6 Å². The van der Waals surface area contributed by atoms with E-state index in [9.17, 15) is 0 Å². The van der Waals surface area contributed by atoms with Gasteiger partial charge < -0.3 is 10.6 Å². The maximum Gasteiger partial charge on any atom is 0.225 e. The van der Waals surface area contributed by atoms with Gasteiger partial charge in [0.05, 0.1) is 5.69 Å². The lowest BCUT2D eigenvalue weighted by molar-refractivity contribution is 1.05. The number of aromatic nitrogens is 3. The third-order valence-electron chi connectivity index (χ3n) is 4.66. The highest BCUT2D eigenvalue weighted by Crippen LogP contribution is 2.25. The van der Waals surface area contributed by atoms with E-state index >= 15 is 0 Å². The van der Waals surface area contributed by atoms with Gasteiger partial charge in [0.15, 0.2) is 0 Å². The van der Waals surface area contributed by atoms with Gasteiger partial charge in [0.2, 0.25) is 5.95 Å². The van der Waals surface area contributed by atoms with Crippen LogP contribution in [0.4, 0.5) is 17.5 Å². The molecule has 4 rings (SSSR count). The molecule has 2 N–H and O–H groups in total. The molecule has 2 heterocycles. The van der Waals surface area contributed by atoms with Crippen molar-refractivity contribution >= 4 is 17.5 Å². The zero-order valence-electron chi connectivity index (χ0n) is 16.3. The first-order chi connectivity index (χ1) is 14.3. The summed E-state index contributed by atoms with van der Waals surface area (Å²) in [6, 6.07) is 24.4. The van der Waals surface area contributed by atoms with Gasteiger partial charge in [-0.15, -0.1) is 0 Å². The van der Waals surface area contributed by atoms with Crippen LogP contribution in [0, 0.1) is 0 Å². The summed E-state index contributed by atoms with van der Waals surface area (Å²) < 4.78 is 0. The lowest BCUT2D eigenvalue weighted by Gasteiger charge is -2.13. The third kappa shape index (κ3) is 4.76. The molecule has 0 aliphatic heterocycles. The van der Waals surface area contributed by atoms with E-state index in [2.05, 4.69) is 52.9 Å². The smallest absolute Gasteiger partial charge is 0.225 e. The summed E-state index contributed by atoms with van der Waals surface area (Å²) in [4.78, 5) is 13.5. The van der Waals surface area contributed by atoms with Crippen molar-refractivity contribution in [3.8, 4) is 11.3 Å². The van der Waals surface area contributed by atoms with E-state index in [1.54, 1.807) is 12.4 Å². The van der Waals surface area contributed by atoms with Crippen molar-refractivity contribution in [1.29, 1.82) is 0 Å². The number of hydrogen-bond donors (Lipinski definition) is 2. The van der Waals surface area contributed by atoms with Crippen LogP contribution >= 0.6 is 0 Å². The minimum absolute atomic E-state index is 0.583. The second-order valence-electron chi connectivity index (χ2n) is 6.67. The van der Waals surface area contributed by atoms with Gasteiger partial charge in [-0.05, 0) is 35.7 Å². The van der Waals surface area contributed by atoms with Gasteiger partial charge in [-0.1, -0.05) is 55.5 Å². The molecule has 0 atom stereocenters. The topological polar surface area (TPSA) is 62.7 Å². The summed E-state index contributed by atoms with van der Waals surface area (Å²) in [5.41, 5.74) is 5.36. The molecular formula is C24H23N5. The highest BCUT2D eigenvalue weighted by Gasteiger charge is 2.09. The van der Waals surface area contributed by atoms with Crippen LogP contribution in [0.15, 0.2) is 85.2 Å². The molecule has 0 aliphatic carbocycles. The van der Waals surface area contributed by atoms with Gasteiger partial charge in [0, 0.05) is 36.3 Å². The summed E-state index contributed by atoms with van der Waals surface area (Å²) in [5, 5.41) is 6.81. The number of anilines is 3. The molecule has 2 aromatic carbocycles. The zero-order valence-corrected chi connectivity index (χ0v) is 16.3. The molecule has 5 nitrogen and oxygen atoms in total. The predicted octanol–water partition coefficient (Wildman–Crippen LogP) is 5.46. The lowest BCUT2D eigenvalue weighted by atomic mass is 10.1. The maximum atomic E-state index is 4.73. The fourth-order valence-electron chi connectivity index (χ4n) is 3.12. The fraction of sp³-hybridized carbons (Fsp3) is 0.125. The number of para-hydroxylation sites is 1. The molecule has 0 saturated heterocycles. The van der Waals surface area contributed by atoms with Crippen LogP contribution in [0.25, 0.3) is 11.3 Å². The van der Waals surface area contributed by atoms with Gasteiger partial charge in [0.1, 0.15) is 5.82 Å². The summed E-state index contributed by atoms with van der Waals surface area (Å²) in [6.07, 6.45) is 4.52. The maximum absolute atomic E-state index is 4.73. The van der Waals surface area contributed by atoms with E-state index in [1.165, 1.54) is 5.56 Å². The summed E-state index contributed by atoms with van der Waals surface area (Å²) in [7, 11) is 0. The van der Waals surface area contributed by atoms with E-state index in [4.69, 9.17) is 9.97 Å². The van der Waals surface area contributed by atoms with Crippen molar-refractivity contribution in [3.63, 3.8) is 0 Å². The highest BCUT2D eigenvalue weighted by molar-refractivity contribution is 5.68. The van der Waals surface area contributed by atoms with Crippen LogP contribution in [0.1, 0.15) is 18.1 Å². The van der Waals surface area contributed by atoms with Crippen molar-refractivity contribution in [2.45, 2.75) is 19.9 Å². The molecule has 0 unspecified atom stereocenters. The molecule has 144 valence electrons. The molecule has 0 fully saturated rings. The van der Waals surface area contributed by atoms with E-state index in [-0.39, 0.29) is 0 Å². The van der Waals surface area contributed by atoms with Gasteiger partial charge >= 0.3 is 0 Å². The Morgan fingerprint density at radius 2 is 1.59 bits per heavy atom. The molecule has 0 bridgehead atoms. The second kappa shape index (κ2) is 8.97. The number of rotatable bonds is 7. The van der Waals surface area contributed by atoms with Crippen LogP contribution in [-0.4, -0.2) is 15.0 Å². The molecule has 4 aromatic rings. The highest BCUT2D eigenvalue weighted by atomic mass is 15.1. The Hall–Kier alpha value is -3.73. The van der Waals surface area contributed by atoms with Gasteiger partial charge in [0.25, 0.3) is 0 Å². The quantitative estimate of drug-likeness (QED) is 0.445. The lowest BCUT2D eigenvalue weighted by Crippen LogP contribution is -2.07.